The van der Waals surface area contributed by atoms with Crippen LogP contribution in [0.25, 0.3) is 16.3 Å². The molecule has 3 aromatic rings. The van der Waals surface area contributed by atoms with E-state index in [0.29, 0.717) is 5.78 Å². The van der Waals surface area contributed by atoms with Crippen molar-refractivity contribution in [3.63, 3.8) is 0 Å². The summed E-state index contributed by atoms with van der Waals surface area (Å²) in [5.74, 6) is 0.618. The van der Waals surface area contributed by atoms with E-state index in [1.807, 2.05) is 32.2 Å². The number of fused-ring (bicyclic) bond motifs is 1. The third kappa shape index (κ3) is 1.81. The van der Waals surface area contributed by atoms with Crippen LogP contribution in [-0.4, -0.2) is 19.6 Å². The number of halogens is 1. The molecule has 0 spiro atoms. The zero-order valence-corrected chi connectivity index (χ0v) is 10.9. The molecule has 86 valence electrons. The van der Waals surface area contributed by atoms with Crippen molar-refractivity contribution in [2.45, 2.75) is 13.8 Å². The highest BCUT2D eigenvalue weighted by Crippen LogP contribution is 2.30. The zero-order chi connectivity index (χ0) is 12.0. The normalized spacial score (nSPS) is 11.2. The molecule has 0 saturated heterocycles. The van der Waals surface area contributed by atoms with Crippen molar-refractivity contribution in [1.82, 2.24) is 19.6 Å². The number of imidazole rings is 1. The molecule has 17 heavy (non-hydrogen) atoms. The average Bonchev–Trinajstić information content (AvgIpc) is 2.85. The summed E-state index contributed by atoms with van der Waals surface area (Å²) in [5.41, 5.74) is 2.66. The molecule has 3 aromatic heterocycles. The monoisotopic (exact) mass is 264 g/mol. The van der Waals surface area contributed by atoms with Gasteiger partial charge in [0.1, 0.15) is 5.69 Å². The Kier molecular flexibility index (Phi) is 2.38. The first-order valence-corrected chi connectivity index (χ1v) is 6.29. The molecule has 0 amide bonds. The molecule has 0 aromatic carbocycles. The second-order valence-corrected chi connectivity index (χ2v) is 5.47. The van der Waals surface area contributed by atoms with Crippen molar-refractivity contribution in [3.8, 4) is 10.6 Å². The van der Waals surface area contributed by atoms with Gasteiger partial charge in [-0.05, 0) is 26.0 Å². The number of thiophene rings is 1. The predicted octanol–water partition coefficient (Wildman–Crippen LogP) is 3.12. The Hall–Kier alpha value is -1.46. The van der Waals surface area contributed by atoms with Gasteiger partial charge in [-0.1, -0.05) is 11.6 Å². The van der Waals surface area contributed by atoms with E-state index in [-0.39, 0.29) is 0 Å². The molecule has 0 N–H and O–H groups in total. The molecule has 3 heterocycles. The highest BCUT2D eigenvalue weighted by Gasteiger charge is 2.09. The summed E-state index contributed by atoms with van der Waals surface area (Å²) in [7, 11) is 0. The average molecular weight is 265 g/mol. The maximum Gasteiger partial charge on any atom is 0.251 e. The number of hydrogen-bond donors (Lipinski definition) is 0. The lowest BCUT2D eigenvalue weighted by Gasteiger charge is -1.96. The van der Waals surface area contributed by atoms with Gasteiger partial charge in [0.15, 0.2) is 0 Å². The minimum absolute atomic E-state index is 0.618. The van der Waals surface area contributed by atoms with Gasteiger partial charge in [-0.3, -0.25) is 0 Å². The van der Waals surface area contributed by atoms with Crippen LogP contribution in [0.2, 0.25) is 4.34 Å². The molecule has 0 aliphatic rings. The molecule has 0 aliphatic carbocycles. The van der Waals surface area contributed by atoms with E-state index in [9.17, 15) is 0 Å². The summed E-state index contributed by atoms with van der Waals surface area (Å²) in [6.07, 6.45) is 1.87. The lowest BCUT2D eigenvalue weighted by Crippen LogP contribution is -1.99. The van der Waals surface area contributed by atoms with E-state index < -0.39 is 0 Å². The Balaban J connectivity index is 2.19. The molecule has 0 aliphatic heterocycles. The van der Waals surface area contributed by atoms with Crippen molar-refractivity contribution < 1.29 is 0 Å². The van der Waals surface area contributed by atoms with Crippen LogP contribution in [0.4, 0.5) is 0 Å². The Morgan fingerprint density at radius 1 is 1.18 bits per heavy atom. The molecular formula is C11H9ClN4S. The van der Waals surface area contributed by atoms with Crippen molar-refractivity contribution in [2.24, 2.45) is 0 Å². The first-order valence-electron chi connectivity index (χ1n) is 5.10. The molecule has 4 nitrogen and oxygen atoms in total. The molecule has 0 saturated carbocycles. The van der Waals surface area contributed by atoms with Crippen LogP contribution >= 0.6 is 22.9 Å². The highest BCUT2D eigenvalue weighted by molar-refractivity contribution is 7.19. The number of hydrogen-bond acceptors (Lipinski definition) is 4. The Bertz CT molecular complexity index is 662. The van der Waals surface area contributed by atoms with Gasteiger partial charge >= 0.3 is 0 Å². The van der Waals surface area contributed by atoms with Crippen molar-refractivity contribution >= 4 is 28.7 Å². The number of rotatable bonds is 1. The van der Waals surface area contributed by atoms with Gasteiger partial charge in [-0.2, -0.15) is 5.10 Å². The molecular weight excluding hydrogens is 256 g/mol. The summed E-state index contributed by atoms with van der Waals surface area (Å²) in [6.45, 7) is 3.86. The fraction of sp³-hybridized carbons (Fsp3) is 0.182. The molecule has 0 radical (unpaired) electrons. The van der Waals surface area contributed by atoms with Gasteiger partial charge < -0.3 is 0 Å². The van der Waals surface area contributed by atoms with E-state index in [0.717, 1.165) is 26.3 Å². The van der Waals surface area contributed by atoms with Crippen LogP contribution < -0.4 is 0 Å². The molecule has 0 fully saturated rings. The Morgan fingerprint density at radius 3 is 2.71 bits per heavy atom. The standard InChI is InChI=1S/C11H9ClN4S/c1-6-7(2)15-16-5-8(14-11(16)13-6)9-3-4-10(12)17-9/h3-5H,1-2H3. The third-order valence-electron chi connectivity index (χ3n) is 2.54. The van der Waals surface area contributed by atoms with Crippen molar-refractivity contribution in [2.75, 3.05) is 0 Å². The number of aryl methyl sites for hydroxylation is 2. The summed E-state index contributed by atoms with van der Waals surface area (Å²) < 4.78 is 2.45. The van der Waals surface area contributed by atoms with Crippen LogP contribution in [0.15, 0.2) is 18.3 Å². The van der Waals surface area contributed by atoms with Crippen LogP contribution in [0, 0.1) is 13.8 Å². The quantitative estimate of drug-likeness (QED) is 0.678. The van der Waals surface area contributed by atoms with Crippen LogP contribution in [0.5, 0.6) is 0 Å². The van der Waals surface area contributed by atoms with Gasteiger partial charge in [0.25, 0.3) is 5.78 Å². The van der Waals surface area contributed by atoms with Gasteiger partial charge in [-0.25, -0.2) is 14.5 Å². The Morgan fingerprint density at radius 2 is 2.00 bits per heavy atom. The van der Waals surface area contributed by atoms with Gasteiger partial charge in [-0.15, -0.1) is 11.3 Å². The van der Waals surface area contributed by atoms with E-state index in [2.05, 4.69) is 15.1 Å². The topological polar surface area (TPSA) is 43.1 Å². The van der Waals surface area contributed by atoms with Crippen molar-refractivity contribution in [3.05, 3.63) is 34.1 Å². The first-order chi connectivity index (χ1) is 8.13. The highest BCUT2D eigenvalue weighted by atomic mass is 35.5. The minimum Gasteiger partial charge on any atom is -0.215 e. The third-order valence-corrected chi connectivity index (χ3v) is 3.80. The SMILES string of the molecule is Cc1nc2nc(-c3ccc(Cl)s3)cn2nc1C. The molecule has 0 unspecified atom stereocenters. The van der Waals surface area contributed by atoms with E-state index in [1.165, 1.54) is 11.3 Å². The summed E-state index contributed by atoms with van der Waals surface area (Å²) >= 11 is 7.41. The molecule has 0 atom stereocenters. The smallest absolute Gasteiger partial charge is 0.215 e. The first kappa shape index (κ1) is 10.7. The molecule has 0 bridgehead atoms. The van der Waals surface area contributed by atoms with Crippen LogP contribution in [0.1, 0.15) is 11.4 Å². The zero-order valence-electron chi connectivity index (χ0n) is 9.31. The largest absolute Gasteiger partial charge is 0.251 e. The summed E-state index contributed by atoms with van der Waals surface area (Å²) in [5, 5.41) is 4.39. The van der Waals surface area contributed by atoms with E-state index in [1.54, 1.807) is 4.52 Å². The number of aromatic nitrogens is 4. The van der Waals surface area contributed by atoms with Gasteiger partial charge in [0.05, 0.1) is 26.8 Å². The van der Waals surface area contributed by atoms with Crippen LogP contribution in [0.3, 0.4) is 0 Å². The maximum atomic E-state index is 5.91. The van der Waals surface area contributed by atoms with Gasteiger partial charge in [0.2, 0.25) is 0 Å². The lowest BCUT2D eigenvalue weighted by molar-refractivity contribution is 0.849. The fourth-order valence-corrected chi connectivity index (χ4v) is 2.54. The van der Waals surface area contributed by atoms with E-state index in [4.69, 9.17) is 11.6 Å². The second-order valence-electron chi connectivity index (χ2n) is 3.76. The predicted molar refractivity (Wildman–Crippen MR) is 68.6 cm³/mol. The number of nitrogens with zero attached hydrogens (tertiary/aromatic N) is 4. The molecule has 6 heteroatoms. The lowest BCUT2D eigenvalue weighted by atomic mass is 10.4. The molecule has 3 rings (SSSR count). The van der Waals surface area contributed by atoms with Gasteiger partial charge in [0, 0.05) is 0 Å². The van der Waals surface area contributed by atoms with Crippen LogP contribution in [-0.2, 0) is 0 Å². The maximum absolute atomic E-state index is 5.91. The van der Waals surface area contributed by atoms with Crippen molar-refractivity contribution in [1.29, 1.82) is 0 Å². The second kappa shape index (κ2) is 3.78. The fourth-order valence-electron chi connectivity index (χ4n) is 1.55. The Labute approximate surface area is 107 Å². The summed E-state index contributed by atoms with van der Waals surface area (Å²) in [4.78, 5) is 9.85. The minimum atomic E-state index is 0.618. The summed E-state index contributed by atoms with van der Waals surface area (Å²) in [6, 6.07) is 3.82. The van der Waals surface area contributed by atoms with E-state index >= 15 is 0 Å².